The van der Waals surface area contributed by atoms with Crippen molar-refractivity contribution in [3.05, 3.63) is 23.9 Å². The first kappa shape index (κ1) is 22.0. The average molecular weight is 371 g/mol. The van der Waals surface area contributed by atoms with E-state index in [9.17, 15) is 8.42 Å². The van der Waals surface area contributed by atoms with Gasteiger partial charge in [0.25, 0.3) is 0 Å². The Balaban J connectivity index is 0.000000841. The van der Waals surface area contributed by atoms with E-state index in [0.29, 0.717) is 0 Å². The molecule has 0 spiro atoms. The van der Waals surface area contributed by atoms with E-state index in [1.54, 1.807) is 6.08 Å². The maximum absolute atomic E-state index is 11.3. The summed E-state index contributed by atoms with van der Waals surface area (Å²) in [6.45, 7) is 7.90. The van der Waals surface area contributed by atoms with Crippen LogP contribution in [0.5, 0.6) is 0 Å². The Bertz CT molecular complexity index is 644. The molecule has 1 aliphatic rings. The minimum atomic E-state index is -4.67. The third kappa shape index (κ3) is 9.03. The van der Waals surface area contributed by atoms with Crippen molar-refractivity contribution in [1.29, 1.82) is 0 Å². The molecule has 0 aromatic rings. The monoisotopic (exact) mass is 371 g/mol. The molecule has 2 unspecified atom stereocenters. The molecule has 5 N–H and O–H groups in total. The van der Waals surface area contributed by atoms with Gasteiger partial charge in [-0.3, -0.25) is 9.11 Å². The van der Waals surface area contributed by atoms with E-state index in [4.69, 9.17) is 23.3 Å². The summed E-state index contributed by atoms with van der Waals surface area (Å²) in [6.07, 6.45) is 6.73. The van der Waals surface area contributed by atoms with Crippen molar-refractivity contribution in [3.63, 3.8) is 0 Å². The van der Waals surface area contributed by atoms with Gasteiger partial charge in [-0.15, -0.1) is 0 Å². The van der Waals surface area contributed by atoms with Crippen LogP contribution in [0.3, 0.4) is 0 Å². The zero-order valence-corrected chi connectivity index (χ0v) is 15.2. The highest BCUT2D eigenvalue weighted by molar-refractivity contribution is 7.88. The Morgan fingerprint density at radius 3 is 2.00 bits per heavy atom. The Hall–Kier alpha value is -0.980. The highest BCUT2D eigenvalue weighted by atomic mass is 32.3. The van der Waals surface area contributed by atoms with Gasteiger partial charge in [-0.1, -0.05) is 13.0 Å². The third-order valence-corrected chi connectivity index (χ3v) is 3.92. The summed E-state index contributed by atoms with van der Waals surface area (Å²) >= 11 is 0. The quantitative estimate of drug-likeness (QED) is 0.388. The predicted octanol–water partition coefficient (Wildman–Crippen LogP) is -0.0306. The molecular weight excluding hydrogens is 346 g/mol. The Kier molecular flexibility index (Phi) is 7.87. The van der Waals surface area contributed by atoms with E-state index < -0.39 is 26.1 Å². The number of hydrogen-bond donors (Lipinski definition) is 4. The fraction of sp³-hybridized carbons (Fsp3) is 0.667. The van der Waals surface area contributed by atoms with Crippen LogP contribution in [0.2, 0.25) is 0 Å². The van der Waals surface area contributed by atoms with E-state index in [1.807, 2.05) is 19.1 Å². The van der Waals surface area contributed by atoms with Gasteiger partial charge >= 0.3 is 10.4 Å². The average Bonchev–Trinajstić information content (AvgIpc) is 2.31. The molecule has 2 atom stereocenters. The smallest absolute Gasteiger partial charge is 0.372 e. The van der Waals surface area contributed by atoms with Crippen LogP contribution < -0.4 is 10.5 Å². The lowest BCUT2D eigenvalue weighted by Gasteiger charge is -2.36. The minimum absolute atomic E-state index is 0.104. The van der Waals surface area contributed by atoms with Crippen LogP contribution in [-0.4, -0.2) is 55.8 Å². The summed E-state index contributed by atoms with van der Waals surface area (Å²) < 4.78 is 56.7. The second-order valence-corrected chi connectivity index (χ2v) is 7.79. The number of rotatable bonds is 5. The van der Waals surface area contributed by atoms with Crippen LogP contribution >= 0.6 is 0 Å². The fourth-order valence-electron chi connectivity index (χ4n) is 2.07. The molecule has 0 bridgehead atoms. The van der Waals surface area contributed by atoms with Gasteiger partial charge in [0, 0.05) is 24.7 Å². The molecule has 9 nitrogen and oxygen atoms in total. The Labute approximate surface area is 137 Å². The Morgan fingerprint density at radius 2 is 1.70 bits per heavy atom. The standard InChI is InChI=1S/C12H23N3O2S.H2O4S/c1-5-15(6-2)11-7-8-12(13,10(3)9-11)14-18(4,16)17;1-5(2,3)4/h7-10,14H,5-6,13H2,1-4H3;(H2,1,2,3,4). The number of allylic oxidation sites excluding steroid dienone is 1. The molecule has 0 heterocycles. The van der Waals surface area contributed by atoms with Gasteiger partial charge in [0.15, 0.2) is 0 Å². The predicted molar refractivity (Wildman–Crippen MR) is 88.4 cm³/mol. The number of sulfonamides is 1. The molecule has 1 aliphatic carbocycles. The molecule has 0 amide bonds. The normalized spacial score (nSPS) is 24.5. The second-order valence-electron chi connectivity index (χ2n) is 5.14. The lowest BCUT2D eigenvalue weighted by Crippen LogP contribution is -2.59. The molecule has 0 saturated carbocycles. The van der Waals surface area contributed by atoms with Crippen molar-refractivity contribution in [2.24, 2.45) is 11.7 Å². The molecule has 0 fully saturated rings. The lowest BCUT2D eigenvalue weighted by atomic mass is 9.90. The highest BCUT2D eigenvalue weighted by Crippen LogP contribution is 2.25. The fourth-order valence-corrected chi connectivity index (χ4v) is 2.97. The van der Waals surface area contributed by atoms with Crippen molar-refractivity contribution in [1.82, 2.24) is 9.62 Å². The summed E-state index contributed by atoms with van der Waals surface area (Å²) in [6, 6.07) is 0. The van der Waals surface area contributed by atoms with Crippen LogP contribution in [0.15, 0.2) is 23.9 Å². The molecule has 0 aromatic heterocycles. The molecule has 23 heavy (non-hydrogen) atoms. The van der Waals surface area contributed by atoms with Gasteiger partial charge in [0.05, 0.1) is 6.26 Å². The topological polar surface area (TPSA) is 150 Å². The van der Waals surface area contributed by atoms with Crippen LogP contribution in [-0.2, 0) is 20.4 Å². The second kappa shape index (κ2) is 8.22. The maximum atomic E-state index is 11.3. The van der Waals surface area contributed by atoms with Crippen molar-refractivity contribution >= 4 is 20.4 Å². The molecule has 0 aliphatic heterocycles. The largest absolute Gasteiger partial charge is 0.394 e. The minimum Gasteiger partial charge on any atom is -0.372 e. The third-order valence-electron chi connectivity index (χ3n) is 3.19. The van der Waals surface area contributed by atoms with E-state index >= 15 is 0 Å². The van der Waals surface area contributed by atoms with E-state index in [-0.39, 0.29) is 5.92 Å². The molecular formula is C12H25N3O6S2. The van der Waals surface area contributed by atoms with Gasteiger partial charge < -0.3 is 10.6 Å². The molecule has 11 heteroatoms. The molecule has 136 valence electrons. The number of nitrogens with one attached hydrogen (secondary N) is 1. The summed E-state index contributed by atoms with van der Waals surface area (Å²) in [7, 11) is -8.00. The highest BCUT2D eigenvalue weighted by Gasteiger charge is 2.33. The van der Waals surface area contributed by atoms with Crippen molar-refractivity contribution in [2.75, 3.05) is 19.3 Å². The lowest BCUT2D eigenvalue weighted by molar-refractivity contribution is 0.350. The molecule has 0 aromatic carbocycles. The van der Waals surface area contributed by atoms with E-state index in [1.165, 1.54) is 0 Å². The molecule has 0 radical (unpaired) electrons. The van der Waals surface area contributed by atoms with Crippen LogP contribution in [0, 0.1) is 5.92 Å². The zero-order chi connectivity index (χ0) is 18.5. The number of likely N-dealkylation sites (N-methyl/N-ethyl adjacent to an activating group) is 1. The summed E-state index contributed by atoms with van der Waals surface area (Å²) in [5.74, 6) is -0.104. The number of nitrogens with two attached hydrogens (primary N) is 1. The van der Waals surface area contributed by atoms with Crippen LogP contribution in [0.25, 0.3) is 0 Å². The van der Waals surface area contributed by atoms with Crippen LogP contribution in [0.4, 0.5) is 0 Å². The van der Waals surface area contributed by atoms with Gasteiger partial charge in [0.1, 0.15) is 5.66 Å². The number of nitrogens with zero attached hydrogens (tertiary/aromatic N) is 1. The first-order valence-electron chi connectivity index (χ1n) is 6.85. The van der Waals surface area contributed by atoms with Gasteiger partial charge in [-0.2, -0.15) is 13.1 Å². The van der Waals surface area contributed by atoms with Crippen molar-refractivity contribution in [3.8, 4) is 0 Å². The van der Waals surface area contributed by atoms with Gasteiger partial charge in [-0.05, 0) is 26.0 Å². The van der Waals surface area contributed by atoms with Crippen LogP contribution in [0.1, 0.15) is 20.8 Å². The summed E-state index contributed by atoms with van der Waals surface area (Å²) in [5, 5.41) is 0. The Morgan fingerprint density at radius 1 is 1.26 bits per heavy atom. The van der Waals surface area contributed by atoms with Crippen molar-refractivity contribution < 1.29 is 25.9 Å². The SMILES string of the molecule is CCN(CC)C1=CC(C)C(N)(NS(C)(=O)=O)C=C1.O=S(=O)(O)O. The summed E-state index contributed by atoms with van der Waals surface area (Å²) in [4.78, 5) is 2.20. The molecule has 0 saturated heterocycles. The van der Waals surface area contributed by atoms with Gasteiger partial charge in [0.2, 0.25) is 10.0 Å². The van der Waals surface area contributed by atoms with Crippen molar-refractivity contribution in [2.45, 2.75) is 26.4 Å². The van der Waals surface area contributed by atoms with E-state index in [2.05, 4.69) is 23.5 Å². The number of hydrogen-bond acceptors (Lipinski definition) is 6. The zero-order valence-electron chi connectivity index (χ0n) is 13.6. The van der Waals surface area contributed by atoms with E-state index in [0.717, 1.165) is 25.0 Å². The first-order valence-corrected chi connectivity index (χ1v) is 10.1. The van der Waals surface area contributed by atoms with Gasteiger partial charge in [-0.25, -0.2) is 8.42 Å². The maximum Gasteiger partial charge on any atom is 0.394 e. The summed E-state index contributed by atoms with van der Waals surface area (Å²) in [5.41, 5.74) is 6.14. The molecule has 1 rings (SSSR count). The first-order chi connectivity index (χ1) is 10.2.